The number of halogens is 2. The van der Waals surface area contributed by atoms with Crippen LogP contribution in [-0.2, 0) is 6.54 Å². The van der Waals surface area contributed by atoms with E-state index < -0.39 is 0 Å². The molecule has 27 heavy (non-hydrogen) atoms. The molecule has 6 nitrogen and oxygen atoms in total. The Bertz CT molecular complexity index is 747. The van der Waals surface area contributed by atoms with Gasteiger partial charge in [-0.25, -0.2) is 0 Å². The smallest absolute Gasteiger partial charge is 0.191 e. The third-order valence-corrected chi connectivity index (χ3v) is 4.64. The number of aryl methyl sites for hydroxylation is 1. The van der Waals surface area contributed by atoms with Gasteiger partial charge in [0, 0.05) is 42.6 Å². The molecule has 3 rings (SSSR count). The molecule has 1 saturated heterocycles. The minimum Gasteiger partial charge on any atom is -0.369 e. The minimum absolute atomic E-state index is 0. The van der Waals surface area contributed by atoms with Gasteiger partial charge < -0.3 is 15.5 Å². The fourth-order valence-electron chi connectivity index (χ4n) is 3.15. The summed E-state index contributed by atoms with van der Waals surface area (Å²) in [5.41, 5.74) is 2.35. The van der Waals surface area contributed by atoms with Crippen molar-refractivity contribution in [3.8, 4) is 0 Å². The summed E-state index contributed by atoms with van der Waals surface area (Å²) in [4.78, 5) is 7.05. The largest absolute Gasteiger partial charge is 0.369 e. The average Bonchev–Trinajstić information content (AvgIpc) is 3.24. The third kappa shape index (κ3) is 6.57. The Morgan fingerprint density at radius 3 is 2.96 bits per heavy atom. The molecule has 1 fully saturated rings. The number of benzene rings is 1. The van der Waals surface area contributed by atoms with Gasteiger partial charge in [-0.05, 0) is 44.0 Å². The molecule has 1 aromatic heterocycles. The van der Waals surface area contributed by atoms with Crippen molar-refractivity contribution in [2.75, 3.05) is 31.1 Å². The highest BCUT2D eigenvalue weighted by atomic mass is 127. The number of hydrogen-bond acceptors (Lipinski definition) is 3. The maximum absolute atomic E-state index is 6.12. The molecule has 2 heterocycles. The summed E-state index contributed by atoms with van der Waals surface area (Å²) in [5.74, 6) is 0.870. The van der Waals surface area contributed by atoms with E-state index in [0.717, 1.165) is 43.6 Å². The number of hydrogen-bond donors (Lipinski definition) is 2. The SMILES string of the molecule is CCNC(=NCCn1cc(C)cn1)NC1CCN(c2cccc(Cl)c2)C1.I. The lowest BCUT2D eigenvalue weighted by Crippen LogP contribution is -2.44. The van der Waals surface area contributed by atoms with Crippen LogP contribution in [-0.4, -0.2) is 48.0 Å². The van der Waals surface area contributed by atoms with Crippen molar-refractivity contribution in [3.05, 3.63) is 47.2 Å². The molecule has 0 bridgehead atoms. The number of rotatable bonds is 6. The van der Waals surface area contributed by atoms with Crippen molar-refractivity contribution in [3.63, 3.8) is 0 Å². The van der Waals surface area contributed by atoms with E-state index in [0.29, 0.717) is 12.6 Å². The van der Waals surface area contributed by atoms with Crippen LogP contribution in [0.5, 0.6) is 0 Å². The molecule has 1 aromatic carbocycles. The van der Waals surface area contributed by atoms with E-state index in [4.69, 9.17) is 11.6 Å². The molecule has 0 aliphatic carbocycles. The van der Waals surface area contributed by atoms with Crippen LogP contribution in [0.25, 0.3) is 0 Å². The van der Waals surface area contributed by atoms with Crippen molar-refractivity contribution in [1.29, 1.82) is 0 Å². The molecule has 0 radical (unpaired) electrons. The number of guanidine groups is 1. The predicted octanol–water partition coefficient (Wildman–Crippen LogP) is 3.30. The molecule has 2 aromatic rings. The van der Waals surface area contributed by atoms with Crippen LogP contribution in [0, 0.1) is 6.92 Å². The van der Waals surface area contributed by atoms with Gasteiger partial charge in [0.05, 0.1) is 19.3 Å². The molecule has 1 aliphatic heterocycles. The first kappa shape index (κ1) is 21.8. The number of anilines is 1. The van der Waals surface area contributed by atoms with Gasteiger partial charge in [0.2, 0.25) is 0 Å². The Balaban J connectivity index is 0.00000261. The molecule has 0 amide bonds. The first-order valence-electron chi connectivity index (χ1n) is 9.18. The van der Waals surface area contributed by atoms with Gasteiger partial charge in [-0.3, -0.25) is 9.67 Å². The molecule has 1 atom stereocenters. The van der Waals surface area contributed by atoms with Gasteiger partial charge in [0.25, 0.3) is 0 Å². The lowest BCUT2D eigenvalue weighted by atomic mass is 10.3. The molecule has 148 valence electrons. The van der Waals surface area contributed by atoms with Crippen molar-refractivity contribution >= 4 is 47.2 Å². The highest BCUT2D eigenvalue weighted by Crippen LogP contribution is 2.23. The highest BCUT2D eigenvalue weighted by molar-refractivity contribution is 14.0. The fourth-order valence-corrected chi connectivity index (χ4v) is 3.34. The summed E-state index contributed by atoms with van der Waals surface area (Å²) in [7, 11) is 0. The number of nitrogens with zero attached hydrogens (tertiary/aromatic N) is 4. The Hall–Kier alpha value is -1.48. The molecule has 0 saturated carbocycles. The summed E-state index contributed by atoms with van der Waals surface area (Å²) in [6.45, 7) is 8.42. The first-order valence-corrected chi connectivity index (χ1v) is 9.56. The minimum atomic E-state index is 0. The van der Waals surface area contributed by atoms with Crippen LogP contribution in [0.2, 0.25) is 5.02 Å². The van der Waals surface area contributed by atoms with E-state index in [1.54, 1.807) is 0 Å². The van der Waals surface area contributed by atoms with E-state index in [1.807, 2.05) is 42.2 Å². The van der Waals surface area contributed by atoms with Crippen LogP contribution in [0.4, 0.5) is 5.69 Å². The maximum Gasteiger partial charge on any atom is 0.191 e. The zero-order valence-electron chi connectivity index (χ0n) is 15.9. The van der Waals surface area contributed by atoms with Crippen molar-refractivity contribution < 1.29 is 0 Å². The van der Waals surface area contributed by atoms with E-state index in [9.17, 15) is 0 Å². The normalized spacial score (nSPS) is 16.9. The van der Waals surface area contributed by atoms with Gasteiger partial charge in [-0.15, -0.1) is 24.0 Å². The summed E-state index contributed by atoms with van der Waals surface area (Å²) in [6, 6.07) is 8.42. The van der Waals surface area contributed by atoms with Crippen molar-refractivity contribution in [2.24, 2.45) is 4.99 Å². The van der Waals surface area contributed by atoms with E-state index in [-0.39, 0.29) is 24.0 Å². The van der Waals surface area contributed by atoms with E-state index >= 15 is 0 Å². The maximum atomic E-state index is 6.12. The topological polar surface area (TPSA) is 57.5 Å². The Morgan fingerprint density at radius 1 is 1.41 bits per heavy atom. The van der Waals surface area contributed by atoms with Gasteiger partial charge in [0.15, 0.2) is 5.96 Å². The Morgan fingerprint density at radius 2 is 2.26 bits per heavy atom. The Labute approximate surface area is 183 Å². The monoisotopic (exact) mass is 502 g/mol. The fraction of sp³-hybridized carbons (Fsp3) is 0.474. The Kier molecular flexibility index (Phi) is 8.69. The van der Waals surface area contributed by atoms with E-state index in [1.165, 1.54) is 11.3 Å². The lowest BCUT2D eigenvalue weighted by Gasteiger charge is -2.20. The highest BCUT2D eigenvalue weighted by Gasteiger charge is 2.23. The number of aliphatic imine (C=N–C) groups is 1. The van der Waals surface area contributed by atoms with Crippen LogP contribution in [0.1, 0.15) is 18.9 Å². The third-order valence-electron chi connectivity index (χ3n) is 4.41. The molecule has 0 spiro atoms. The summed E-state index contributed by atoms with van der Waals surface area (Å²) < 4.78 is 1.93. The van der Waals surface area contributed by atoms with Gasteiger partial charge in [-0.2, -0.15) is 5.10 Å². The van der Waals surface area contributed by atoms with Crippen LogP contribution in [0.3, 0.4) is 0 Å². The zero-order valence-corrected chi connectivity index (χ0v) is 18.9. The second-order valence-corrected chi connectivity index (χ2v) is 7.03. The second kappa shape index (κ2) is 10.8. The van der Waals surface area contributed by atoms with E-state index in [2.05, 4.69) is 38.6 Å². The van der Waals surface area contributed by atoms with Crippen LogP contribution >= 0.6 is 35.6 Å². The quantitative estimate of drug-likeness (QED) is 0.362. The van der Waals surface area contributed by atoms with Gasteiger partial charge in [0.1, 0.15) is 0 Å². The zero-order chi connectivity index (χ0) is 18.4. The first-order chi connectivity index (χ1) is 12.6. The van der Waals surface area contributed by atoms with Crippen LogP contribution < -0.4 is 15.5 Å². The second-order valence-electron chi connectivity index (χ2n) is 6.60. The molecule has 1 unspecified atom stereocenters. The van der Waals surface area contributed by atoms with Gasteiger partial charge >= 0.3 is 0 Å². The number of nitrogens with one attached hydrogen (secondary N) is 2. The molecular weight excluding hydrogens is 475 g/mol. The van der Waals surface area contributed by atoms with Crippen molar-refractivity contribution in [1.82, 2.24) is 20.4 Å². The molecule has 8 heteroatoms. The van der Waals surface area contributed by atoms with Gasteiger partial charge in [-0.1, -0.05) is 17.7 Å². The summed E-state index contributed by atoms with van der Waals surface area (Å²) >= 11 is 6.12. The summed E-state index contributed by atoms with van der Waals surface area (Å²) in [6.07, 6.45) is 4.99. The average molecular weight is 503 g/mol. The van der Waals surface area contributed by atoms with Crippen LogP contribution in [0.15, 0.2) is 41.7 Å². The number of aromatic nitrogens is 2. The summed E-state index contributed by atoms with van der Waals surface area (Å²) in [5, 5.41) is 12.0. The molecular formula is C19H28ClIN6. The van der Waals surface area contributed by atoms with Crippen molar-refractivity contribution in [2.45, 2.75) is 32.9 Å². The lowest BCUT2D eigenvalue weighted by molar-refractivity contribution is 0.613. The molecule has 2 N–H and O–H groups in total. The standard InChI is InChI=1S/C19H27ClN6.HI/c1-3-21-19(22-8-10-26-13-15(2)12-23-26)24-17-7-9-25(14-17)18-6-4-5-16(20)11-18;/h4-6,11-13,17H,3,7-10,14H2,1-2H3,(H2,21,22,24);1H. The predicted molar refractivity (Wildman–Crippen MR) is 124 cm³/mol. The molecule has 1 aliphatic rings.